The summed E-state index contributed by atoms with van der Waals surface area (Å²) >= 11 is 0. The monoisotopic (exact) mass is 719 g/mol. The number of fused-ring (bicyclic) bond motifs is 2. The fourth-order valence-electron chi connectivity index (χ4n) is 4.72. The average Bonchev–Trinajstić information content (AvgIpc) is 3.56. The molecular weight excluding hydrogens is 685 g/mol. The third kappa shape index (κ3) is 7.84. The molecule has 41 heavy (non-hydrogen) atoms. The summed E-state index contributed by atoms with van der Waals surface area (Å²) in [6, 6.07) is 40.2. The Balaban J connectivity index is 0.000000610. The summed E-state index contributed by atoms with van der Waals surface area (Å²) in [4.78, 5) is 9.19. The van der Waals surface area contributed by atoms with Gasteiger partial charge in [0.2, 0.25) is 0 Å². The van der Waals surface area contributed by atoms with Crippen LogP contribution < -0.4 is 19.6 Å². The second kappa shape index (κ2) is 16.4. The zero-order valence-electron chi connectivity index (χ0n) is 23.4. The summed E-state index contributed by atoms with van der Waals surface area (Å²) < 4.78 is 0. The van der Waals surface area contributed by atoms with E-state index in [9.17, 15) is 0 Å². The van der Waals surface area contributed by atoms with Crippen molar-refractivity contribution < 1.29 is 20.1 Å². The van der Waals surface area contributed by atoms with E-state index in [1.165, 1.54) is 22.7 Å². The molecule has 0 fully saturated rings. The molecule has 0 N–H and O–H groups in total. The number of unbranched alkanes of at least 4 members (excludes halogenated alkanes) is 1. The molecule has 1 radical (unpaired) electrons. The van der Waals surface area contributed by atoms with Gasteiger partial charge in [0.25, 0.3) is 0 Å². The summed E-state index contributed by atoms with van der Waals surface area (Å²) in [6.07, 6.45) is 4.20. The molecule has 2 aliphatic heterocycles. The summed E-state index contributed by atoms with van der Waals surface area (Å²) in [5.74, 6) is 0. The maximum atomic E-state index is 7.44. The standard InChI is InChI=1S/C30H26N4.2C2H4N.Ir/c1-3-13-25(14-4-1)33-23-31(27-17-7-9-19-29(27)33)21-11-12-22-32-24-34(26-15-5-2-6-16-26)30-20-10-8-18-28(30)32;2*1-2-3;/h1-10,13,15,17-20,23-24H,11-12,21-22H2;2*2H,1H3;/q-4;2*-1;. The van der Waals surface area contributed by atoms with E-state index in [1.54, 1.807) is 13.8 Å². The maximum absolute atomic E-state index is 7.44. The van der Waals surface area contributed by atoms with Crippen molar-refractivity contribution in [2.75, 3.05) is 32.7 Å². The van der Waals surface area contributed by atoms with Gasteiger partial charge in [-0.2, -0.15) is 74.0 Å². The molecule has 0 aromatic heterocycles. The first-order chi connectivity index (χ1) is 19.7. The van der Waals surface area contributed by atoms with E-state index in [4.69, 9.17) is 10.8 Å². The summed E-state index contributed by atoms with van der Waals surface area (Å²) in [5, 5.41) is 14.9. The smallest absolute Gasteiger partial charge is 0.0326 e. The Morgan fingerprint density at radius 1 is 0.585 bits per heavy atom. The van der Waals surface area contributed by atoms with Crippen LogP contribution in [0.15, 0.2) is 97.1 Å². The molecule has 2 heterocycles. The Morgan fingerprint density at radius 2 is 0.927 bits per heavy atom. The number of benzene rings is 4. The minimum absolute atomic E-state index is 0. The van der Waals surface area contributed by atoms with Crippen molar-refractivity contribution in [2.24, 2.45) is 0 Å². The molecule has 0 unspecified atom stereocenters. The van der Waals surface area contributed by atoms with Crippen molar-refractivity contribution in [3.63, 3.8) is 0 Å². The van der Waals surface area contributed by atoms with Crippen molar-refractivity contribution in [3.05, 3.63) is 133 Å². The van der Waals surface area contributed by atoms with Crippen molar-refractivity contribution in [1.29, 1.82) is 0 Å². The van der Waals surface area contributed by atoms with Crippen LogP contribution in [0.3, 0.4) is 0 Å². The molecular formula is C34H34IrN6-6. The molecule has 215 valence electrons. The molecule has 6 nitrogen and oxygen atoms in total. The van der Waals surface area contributed by atoms with Crippen LogP contribution in [0.5, 0.6) is 0 Å². The Morgan fingerprint density at radius 3 is 1.27 bits per heavy atom. The summed E-state index contributed by atoms with van der Waals surface area (Å²) in [6.45, 7) is 9.49. The van der Waals surface area contributed by atoms with Crippen LogP contribution in [0.2, 0.25) is 0 Å². The van der Waals surface area contributed by atoms with Crippen LogP contribution in [0.25, 0.3) is 10.8 Å². The molecule has 7 heteroatoms. The topological polar surface area (TPSA) is 57.6 Å². The number of para-hydroxylation sites is 6. The SMILES string of the molecule is CC=[N-].CC=[N-].[Ir].[c-]1ccccc1N1[CH-]N(CCCCN2[CH-]N(c3[c-]cccc3)c3ccccc32)c2ccccc21. The van der Waals surface area contributed by atoms with E-state index in [0.29, 0.717) is 0 Å². The molecule has 6 rings (SSSR count). The van der Waals surface area contributed by atoms with Crippen LogP contribution in [0.4, 0.5) is 34.1 Å². The number of nitrogens with zero attached hydrogens (tertiary/aromatic N) is 6. The van der Waals surface area contributed by atoms with Gasteiger partial charge in [0.15, 0.2) is 0 Å². The van der Waals surface area contributed by atoms with E-state index in [1.807, 2.05) is 24.3 Å². The van der Waals surface area contributed by atoms with Gasteiger partial charge in [0, 0.05) is 42.9 Å². The fraction of sp³-hybridized carbons (Fsp3) is 0.176. The molecule has 0 saturated heterocycles. The van der Waals surface area contributed by atoms with E-state index in [2.05, 4.69) is 118 Å². The van der Waals surface area contributed by atoms with E-state index in [-0.39, 0.29) is 20.1 Å². The van der Waals surface area contributed by atoms with Gasteiger partial charge in [-0.3, -0.25) is 0 Å². The van der Waals surface area contributed by atoms with Gasteiger partial charge in [-0.25, -0.2) is 12.4 Å². The predicted octanol–water partition coefficient (Wildman–Crippen LogP) is 8.21. The summed E-state index contributed by atoms with van der Waals surface area (Å²) in [5.41, 5.74) is 7.06. The number of anilines is 6. The van der Waals surface area contributed by atoms with Gasteiger partial charge >= 0.3 is 0 Å². The van der Waals surface area contributed by atoms with Crippen molar-refractivity contribution in [3.8, 4) is 0 Å². The first-order valence-corrected chi connectivity index (χ1v) is 13.5. The molecule has 0 spiro atoms. The maximum Gasteiger partial charge on any atom is 0.0326 e. The quantitative estimate of drug-likeness (QED) is 0.110. The molecule has 2 aliphatic rings. The first kappa shape index (κ1) is 31.6. The minimum atomic E-state index is 0. The van der Waals surface area contributed by atoms with E-state index in [0.717, 1.165) is 49.7 Å². The Bertz CT molecular complexity index is 1240. The molecule has 4 aromatic carbocycles. The van der Waals surface area contributed by atoms with Crippen LogP contribution in [0, 0.1) is 25.5 Å². The van der Waals surface area contributed by atoms with Gasteiger partial charge in [-0.05, 0) is 50.2 Å². The third-order valence-electron chi connectivity index (χ3n) is 6.36. The van der Waals surface area contributed by atoms with E-state index < -0.39 is 0 Å². The predicted molar refractivity (Wildman–Crippen MR) is 170 cm³/mol. The molecule has 0 aliphatic carbocycles. The van der Waals surface area contributed by atoms with E-state index >= 15 is 0 Å². The number of hydrogen-bond acceptors (Lipinski definition) is 4. The zero-order valence-corrected chi connectivity index (χ0v) is 25.8. The van der Waals surface area contributed by atoms with Gasteiger partial charge < -0.3 is 30.4 Å². The first-order valence-electron chi connectivity index (χ1n) is 13.5. The largest absolute Gasteiger partial charge is 0.814 e. The van der Waals surface area contributed by atoms with Gasteiger partial charge in [-0.1, -0.05) is 38.1 Å². The normalized spacial score (nSPS) is 12.6. The number of hydrogen-bond donors (Lipinski definition) is 0. The van der Waals surface area contributed by atoms with Crippen LogP contribution in [-0.2, 0) is 20.1 Å². The Labute approximate surface area is 258 Å². The van der Waals surface area contributed by atoms with Crippen LogP contribution in [0.1, 0.15) is 26.7 Å². The van der Waals surface area contributed by atoms with Crippen LogP contribution >= 0.6 is 0 Å². The van der Waals surface area contributed by atoms with Crippen molar-refractivity contribution >= 4 is 46.6 Å². The fourth-order valence-corrected chi connectivity index (χ4v) is 4.72. The Kier molecular flexibility index (Phi) is 12.6. The molecule has 0 bridgehead atoms. The van der Waals surface area contributed by atoms with Crippen molar-refractivity contribution in [2.45, 2.75) is 26.7 Å². The van der Waals surface area contributed by atoms with Gasteiger partial charge in [0.1, 0.15) is 0 Å². The molecule has 0 atom stereocenters. The minimum Gasteiger partial charge on any atom is -0.814 e. The average molecular weight is 719 g/mol. The Hall–Kier alpha value is -3.93. The second-order valence-electron chi connectivity index (χ2n) is 9.05. The molecule has 0 saturated carbocycles. The summed E-state index contributed by atoms with van der Waals surface area (Å²) in [7, 11) is 0. The third-order valence-corrected chi connectivity index (χ3v) is 6.36. The van der Waals surface area contributed by atoms with Gasteiger partial charge in [0.05, 0.1) is 0 Å². The molecule has 0 amide bonds. The van der Waals surface area contributed by atoms with Crippen LogP contribution in [-0.4, -0.2) is 25.5 Å². The van der Waals surface area contributed by atoms with Gasteiger partial charge in [-0.15, -0.1) is 11.4 Å². The second-order valence-corrected chi connectivity index (χ2v) is 9.05. The zero-order chi connectivity index (χ0) is 28.2. The molecule has 4 aromatic rings. The van der Waals surface area contributed by atoms with Crippen molar-refractivity contribution in [1.82, 2.24) is 0 Å². The number of rotatable bonds is 7.